The van der Waals surface area contributed by atoms with E-state index in [0.29, 0.717) is 18.8 Å². The molecule has 0 amide bonds. The summed E-state index contributed by atoms with van der Waals surface area (Å²) in [6.07, 6.45) is 19.8. The van der Waals surface area contributed by atoms with E-state index in [4.69, 9.17) is 4.74 Å². The standard InChI is InChI=1S/C31H56F2O/c1-4-6-7-8-9-10-12-23(3)34-31-29(32)21-28(22-30(31)33)27-19-17-26(18-20-27)25-15-13-24(11-5-2)14-16-25/h23-31H,4-22H2,1-3H3. The normalized spacial score (nSPS) is 38.0. The molecule has 1 nitrogen and oxygen atoms in total. The van der Waals surface area contributed by atoms with Crippen LogP contribution in [0.4, 0.5) is 8.78 Å². The minimum absolute atomic E-state index is 0.0351. The second kappa shape index (κ2) is 15.2. The molecule has 3 fully saturated rings. The second-order valence-electron chi connectivity index (χ2n) is 12.5. The van der Waals surface area contributed by atoms with Gasteiger partial charge in [0, 0.05) is 0 Å². The summed E-state index contributed by atoms with van der Waals surface area (Å²) < 4.78 is 36.1. The summed E-state index contributed by atoms with van der Waals surface area (Å²) in [6, 6.07) is 0. The van der Waals surface area contributed by atoms with Crippen LogP contribution < -0.4 is 0 Å². The summed E-state index contributed by atoms with van der Waals surface area (Å²) in [5, 5.41) is 0. The molecular formula is C31H56F2O. The molecule has 200 valence electrons. The smallest absolute Gasteiger partial charge is 0.129 e. The molecule has 3 rings (SSSR count). The lowest BCUT2D eigenvalue weighted by Gasteiger charge is -2.43. The fourth-order valence-electron chi connectivity index (χ4n) is 7.72. The van der Waals surface area contributed by atoms with E-state index in [1.165, 1.54) is 96.3 Å². The van der Waals surface area contributed by atoms with E-state index in [9.17, 15) is 0 Å². The van der Waals surface area contributed by atoms with Crippen LogP contribution in [0.5, 0.6) is 0 Å². The molecule has 0 aliphatic heterocycles. The van der Waals surface area contributed by atoms with Crippen molar-refractivity contribution in [1.29, 1.82) is 0 Å². The molecule has 0 radical (unpaired) electrons. The van der Waals surface area contributed by atoms with Gasteiger partial charge in [0.1, 0.15) is 18.4 Å². The Hall–Kier alpha value is -0.180. The van der Waals surface area contributed by atoms with Gasteiger partial charge >= 0.3 is 0 Å². The molecule has 3 aliphatic rings. The lowest BCUT2D eigenvalue weighted by Crippen LogP contribution is -2.45. The van der Waals surface area contributed by atoms with Crippen molar-refractivity contribution in [2.45, 2.75) is 167 Å². The van der Waals surface area contributed by atoms with Crippen molar-refractivity contribution in [2.24, 2.45) is 29.6 Å². The highest BCUT2D eigenvalue weighted by Gasteiger charge is 2.43. The Morgan fingerprint density at radius 1 is 0.647 bits per heavy atom. The van der Waals surface area contributed by atoms with Gasteiger partial charge in [0.05, 0.1) is 6.10 Å². The lowest BCUT2D eigenvalue weighted by atomic mass is 9.65. The van der Waals surface area contributed by atoms with Gasteiger partial charge in [0.25, 0.3) is 0 Å². The first-order valence-corrected chi connectivity index (χ1v) is 15.4. The SMILES string of the molecule is CCCCCCCCC(C)OC1C(F)CC(C2CCC(C3CCC(CCC)CC3)CC2)CC1F. The third-order valence-electron chi connectivity index (χ3n) is 9.86. The van der Waals surface area contributed by atoms with Crippen LogP contribution in [0.15, 0.2) is 0 Å². The molecule has 0 saturated heterocycles. The van der Waals surface area contributed by atoms with E-state index in [2.05, 4.69) is 13.8 Å². The maximum atomic E-state index is 15.1. The first-order chi connectivity index (χ1) is 16.5. The monoisotopic (exact) mass is 482 g/mol. The Bertz CT molecular complexity index is 512. The topological polar surface area (TPSA) is 9.23 Å². The Morgan fingerprint density at radius 3 is 1.71 bits per heavy atom. The molecule has 3 unspecified atom stereocenters. The number of hydrogen-bond acceptors (Lipinski definition) is 1. The molecule has 0 aromatic rings. The fourth-order valence-corrected chi connectivity index (χ4v) is 7.72. The van der Waals surface area contributed by atoms with Crippen molar-refractivity contribution in [2.75, 3.05) is 0 Å². The van der Waals surface area contributed by atoms with Crippen molar-refractivity contribution in [3.05, 3.63) is 0 Å². The van der Waals surface area contributed by atoms with Gasteiger partial charge in [-0.15, -0.1) is 0 Å². The van der Waals surface area contributed by atoms with E-state index >= 15 is 8.78 Å². The zero-order valence-electron chi connectivity index (χ0n) is 22.8. The van der Waals surface area contributed by atoms with Crippen molar-refractivity contribution in [1.82, 2.24) is 0 Å². The summed E-state index contributed by atoms with van der Waals surface area (Å²) in [4.78, 5) is 0. The molecule has 0 bridgehead atoms. The summed E-state index contributed by atoms with van der Waals surface area (Å²) in [7, 11) is 0. The average molecular weight is 483 g/mol. The molecule has 3 saturated carbocycles. The van der Waals surface area contributed by atoms with E-state index in [1.807, 2.05) is 6.92 Å². The fraction of sp³-hybridized carbons (Fsp3) is 1.00. The van der Waals surface area contributed by atoms with Crippen LogP contribution in [0, 0.1) is 29.6 Å². The summed E-state index contributed by atoms with van der Waals surface area (Å²) in [6.45, 7) is 6.55. The van der Waals surface area contributed by atoms with Gasteiger partial charge < -0.3 is 4.74 Å². The maximum absolute atomic E-state index is 15.1. The predicted molar refractivity (Wildman–Crippen MR) is 141 cm³/mol. The van der Waals surface area contributed by atoms with Gasteiger partial charge in [-0.25, -0.2) is 8.78 Å². The van der Waals surface area contributed by atoms with Gasteiger partial charge in [-0.1, -0.05) is 78.1 Å². The van der Waals surface area contributed by atoms with E-state index in [-0.39, 0.29) is 12.0 Å². The number of hydrogen-bond donors (Lipinski definition) is 0. The molecule has 0 spiro atoms. The quantitative estimate of drug-likeness (QED) is 0.237. The van der Waals surface area contributed by atoms with E-state index in [1.54, 1.807) is 0 Å². The number of ether oxygens (including phenoxy) is 1. The van der Waals surface area contributed by atoms with Gasteiger partial charge in [-0.05, 0) is 94.3 Å². The van der Waals surface area contributed by atoms with Crippen LogP contribution in [0.2, 0.25) is 0 Å². The van der Waals surface area contributed by atoms with Crippen molar-refractivity contribution >= 4 is 0 Å². The average Bonchev–Trinajstić information content (AvgIpc) is 2.84. The molecule has 0 aromatic heterocycles. The summed E-state index contributed by atoms with van der Waals surface area (Å²) in [5.74, 6) is 3.54. The first-order valence-electron chi connectivity index (χ1n) is 15.4. The minimum atomic E-state index is -1.13. The van der Waals surface area contributed by atoms with Crippen LogP contribution in [0.25, 0.3) is 0 Å². The Kier molecular flexibility index (Phi) is 12.7. The Balaban J connectivity index is 1.34. The van der Waals surface area contributed by atoms with Gasteiger partial charge in [0.15, 0.2) is 0 Å². The van der Waals surface area contributed by atoms with E-state index < -0.39 is 18.4 Å². The van der Waals surface area contributed by atoms with Crippen molar-refractivity contribution in [3.8, 4) is 0 Å². The van der Waals surface area contributed by atoms with Crippen molar-refractivity contribution in [3.63, 3.8) is 0 Å². The molecule has 0 heterocycles. The molecule has 3 aliphatic carbocycles. The van der Waals surface area contributed by atoms with Gasteiger partial charge in [0.2, 0.25) is 0 Å². The molecule has 34 heavy (non-hydrogen) atoms. The first kappa shape index (κ1) is 28.4. The maximum Gasteiger partial charge on any atom is 0.129 e. The van der Waals surface area contributed by atoms with Crippen LogP contribution in [-0.4, -0.2) is 24.6 Å². The summed E-state index contributed by atoms with van der Waals surface area (Å²) in [5.41, 5.74) is 0. The van der Waals surface area contributed by atoms with Crippen LogP contribution in [0.3, 0.4) is 0 Å². The molecule has 3 atom stereocenters. The highest BCUT2D eigenvalue weighted by Crippen LogP contribution is 2.46. The van der Waals surface area contributed by atoms with Crippen LogP contribution in [-0.2, 0) is 4.74 Å². The number of rotatable bonds is 13. The lowest BCUT2D eigenvalue weighted by molar-refractivity contribution is -0.117. The predicted octanol–water partition coefficient (Wildman–Crippen LogP) is 10.0. The number of alkyl halides is 2. The second-order valence-corrected chi connectivity index (χ2v) is 12.5. The Morgan fingerprint density at radius 2 is 1.15 bits per heavy atom. The molecular weight excluding hydrogens is 426 g/mol. The molecule has 3 heteroatoms. The Labute approximate surface area is 210 Å². The van der Waals surface area contributed by atoms with Crippen LogP contribution in [0.1, 0.15) is 143 Å². The van der Waals surface area contributed by atoms with Crippen LogP contribution >= 0.6 is 0 Å². The highest BCUT2D eigenvalue weighted by atomic mass is 19.1. The minimum Gasteiger partial charge on any atom is -0.369 e. The highest BCUT2D eigenvalue weighted by molar-refractivity contribution is 4.93. The van der Waals surface area contributed by atoms with Crippen molar-refractivity contribution < 1.29 is 13.5 Å². The molecule has 0 aromatic carbocycles. The number of unbranched alkanes of at least 4 members (excludes halogenated alkanes) is 5. The number of halogens is 2. The molecule has 0 N–H and O–H groups in total. The van der Waals surface area contributed by atoms with E-state index in [0.717, 1.165) is 30.6 Å². The van der Waals surface area contributed by atoms with Gasteiger partial charge in [-0.2, -0.15) is 0 Å². The third kappa shape index (κ3) is 8.74. The van der Waals surface area contributed by atoms with Gasteiger partial charge in [-0.3, -0.25) is 0 Å². The largest absolute Gasteiger partial charge is 0.369 e. The summed E-state index contributed by atoms with van der Waals surface area (Å²) >= 11 is 0. The zero-order valence-corrected chi connectivity index (χ0v) is 22.8. The zero-order chi connectivity index (χ0) is 24.3. The third-order valence-corrected chi connectivity index (χ3v) is 9.86.